The molecule has 0 saturated carbocycles. The van der Waals surface area contributed by atoms with Crippen molar-refractivity contribution in [3.63, 3.8) is 0 Å². The molecule has 17 heavy (non-hydrogen) atoms. The zero-order chi connectivity index (χ0) is 13.5. The smallest absolute Gasteiger partial charge is 0.237 e. The Morgan fingerprint density at radius 3 is 2.35 bits per heavy atom. The molecule has 0 radical (unpaired) electrons. The molecule has 3 N–H and O–H groups in total. The van der Waals surface area contributed by atoms with Crippen molar-refractivity contribution in [2.45, 2.75) is 51.8 Å². The number of methoxy groups -OCH3 is 1. The largest absolute Gasteiger partial charge is 0.382 e. The summed E-state index contributed by atoms with van der Waals surface area (Å²) in [5, 5.41) is 3.19. The second-order valence-electron chi connectivity index (χ2n) is 4.87. The van der Waals surface area contributed by atoms with Gasteiger partial charge in [0.1, 0.15) is 0 Å². The van der Waals surface area contributed by atoms with E-state index in [0.29, 0.717) is 19.6 Å². The highest BCUT2D eigenvalue weighted by atomic mass is 16.5. The van der Waals surface area contributed by atoms with Gasteiger partial charge in [0.2, 0.25) is 5.91 Å². The Labute approximate surface area is 104 Å². The number of rotatable bonds is 9. The van der Waals surface area contributed by atoms with Crippen molar-refractivity contribution in [3.05, 3.63) is 0 Å². The van der Waals surface area contributed by atoms with Crippen LogP contribution in [-0.4, -0.2) is 43.9 Å². The van der Waals surface area contributed by atoms with Gasteiger partial charge >= 0.3 is 0 Å². The molecule has 0 bridgehead atoms. The first-order valence-corrected chi connectivity index (χ1v) is 6.00. The fourth-order valence-corrected chi connectivity index (χ4v) is 1.83. The molecule has 5 heteroatoms. The van der Waals surface area contributed by atoms with Crippen LogP contribution in [0.5, 0.6) is 0 Å². The van der Waals surface area contributed by atoms with Gasteiger partial charge in [-0.1, -0.05) is 0 Å². The van der Waals surface area contributed by atoms with Crippen LogP contribution in [0.4, 0.5) is 0 Å². The zero-order valence-electron chi connectivity index (χ0n) is 11.6. The van der Waals surface area contributed by atoms with Crippen LogP contribution in [0.2, 0.25) is 0 Å². The minimum absolute atomic E-state index is 0.0473. The Balaban J connectivity index is 4.28. The molecule has 0 aromatic heterocycles. The number of nitrogens with two attached hydrogens (primary N) is 1. The van der Waals surface area contributed by atoms with Gasteiger partial charge in [-0.05, 0) is 27.7 Å². The topological polar surface area (TPSA) is 73.6 Å². The van der Waals surface area contributed by atoms with Crippen LogP contribution >= 0.6 is 0 Å². The van der Waals surface area contributed by atoms with Crippen molar-refractivity contribution in [1.82, 2.24) is 5.32 Å². The molecule has 0 heterocycles. The number of hydrogen-bond donors (Lipinski definition) is 2. The molecule has 0 aliphatic carbocycles. The first-order chi connectivity index (χ1) is 7.81. The van der Waals surface area contributed by atoms with Crippen molar-refractivity contribution < 1.29 is 14.3 Å². The third-order valence-electron chi connectivity index (χ3n) is 2.54. The molecule has 5 nitrogen and oxygen atoms in total. The molecule has 0 spiro atoms. The molecule has 1 amide bonds. The Morgan fingerprint density at radius 1 is 1.35 bits per heavy atom. The number of amides is 1. The van der Waals surface area contributed by atoms with Crippen LogP contribution in [-0.2, 0) is 14.3 Å². The summed E-state index contributed by atoms with van der Waals surface area (Å²) >= 11 is 0. The summed E-state index contributed by atoms with van der Waals surface area (Å²) in [6.07, 6.45) is 0.499. The summed E-state index contributed by atoms with van der Waals surface area (Å²) in [4.78, 5) is 11.5. The van der Waals surface area contributed by atoms with E-state index in [2.05, 4.69) is 5.32 Å². The van der Waals surface area contributed by atoms with Gasteiger partial charge in [0, 0.05) is 19.6 Å². The summed E-state index contributed by atoms with van der Waals surface area (Å²) in [5.41, 5.74) is 4.71. The predicted octanol–water partition coefficient (Wildman–Crippen LogP) is 0.670. The summed E-state index contributed by atoms with van der Waals surface area (Å²) in [6, 6.07) is 0.193. The van der Waals surface area contributed by atoms with E-state index in [1.165, 1.54) is 0 Å². The molecule has 0 aromatic carbocycles. The van der Waals surface area contributed by atoms with Crippen molar-refractivity contribution >= 4 is 5.91 Å². The number of hydrogen-bond acceptors (Lipinski definition) is 4. The number of carbonyl (C=O) groups is 1. The third kappa shape index (κ3) is 6.61. The predicted molar refractivity (Wildman–Crippen MR) is 67.8 cm³/mol. The minimum Gasteiger partial charge on any atom is -0.382 e. The lowest BCUT2D eigenvalue weighted by Gasteiger charge is -2.32. The van der Waals surface area contributed by atoms with Crippen LogP contribution in [0.1, 0.15) is 34.1 Å². The summed E-state index contributed by atoms with van der Waals surface area (Å²) in [5.74, 6) is -0.353. The van der Waals surface area contributed by atoms with Gasteiger partial charge in [0.15, 0.2) is 0 Å². The highest BCUT2D eigenvalue weighted by Crippen LogP contribution is 2.15. The van der Waals surface area contributed by atoms with Crippen LogP contribution in [0.15, 0.2) is 0 Å². The molecule has 0 aliphatic heterocycles. The highest BCUT2D eigenvalue weighted by molar-refractivity contribution is 5.84. The third-order valence-corrected chi connectivity index (χ3v) is 2.54. The quantitative estimate of drug-likeness (QED) is 0.586. The molecule has 0 rings (SSSR count). The van der Waals surface area contributed by atoms with Crippen LogP contribution in [0.3, 0.4) is 0 Å². The van der Waals surface area contributed by atoms with Crippen molar-refractivity contribution in [1.29, 1.82) is 0 Å². The standard InChI is InChI=1S/C12H26N2O3/c1-9(2)14-12(4,11(13)15)8-10(3)17-7-6-16-5/h9-10,14H,6-8H2,1-5H3,(H2,13,15). The van der Waals surface area contributed by atoms with E-state index in [0.717, 1.165) is 0 Å². The van der Waals surface area contributed by atoms with Gasteiger partial charge < -0.3 is 20.5 Å². The maximum absolute atomic E-state index is 11.5. The lowest BCUT2D eigenvalue weighted by Crippen LogP contribution is -2.57. The molecular formula is C12H26N2O3. The minimum atomic E-state index is -0.735. The SMILES string of the molecule is COCCOC(C)CC(C)(NC(C)C)C(N)=O. The van der Waals surface area contributed by atoms with E-state index in [9.17, 15) is 4.79 Å². The second-order valence-corrected chi connectivity index (χ2v) is 4.87. The monoisotopic (exact) mass is 246 g/mol. The first kappa shape index (κ1) is 16.4. The molecule has 0 aromatic rings. The van der Waals surface area contributed by atoms with E-state index < -0.39 is 5.54 Å². The second kappa shape index (κ2) is 7.63. The Morgan fingerprint density at radius 2 is 1.94 bits per heavy atom. The molecule has 2 unspecified atom stereocenters. The van der Waals surface area contributed by atoms with Crippen LogP contribution in [0, 0.1) is 0 Å². The average Bonchev–Trinajstić information content (AvgIpc) is 2.16. The normalized spacial score (nSPS) is 16.8. The molecular weight excluding hydrogens is 220 g/mol. The van der Waals surface area contributed by atoms with Gasteiger partial charge in [-0.2, -0.15) is 0 Å². The fourth-order valence-electron chi connectivity index (χ4n) is 1.83. The average molecular weight is 246 g/mol. The van der Waals surface area contributed by atoms with Crippen molar-refractivity contribution in [3.8, 4) is 0 Å². The van der Waals surface area contributed by atoms with Gasteiger partial charge in [0.25, 0.3) is 0 Å². The summed E-state index contributed by atoms with van der Waals surface area (Å²) in [7, 11) is 1.63. The molecule has 2 atom stereocenters. The van der Waals surface area contributed by atoms with Gasteiger partial charge in [-0.25, -0.2) is 0 Å². The van der Waals surface area contributed by atoms with Crippen molar-refractivity contribution in [2.24, 2.45) is 5.73 Å². The number of carbonyl (C=O) groups excluding carboxylic acids is 1. The zero-order valence-corrected chi connectivity index (χ0v) is 11.6. The van der Waals surface area contributed by atoms with E-state index in [-0.39, 0.29) is 18.1 Å². The molecule has 0 fully saturated rings. The van der Waals surface area contributed by atoms with Gasteiger partial charge in [-0.3, -0.25) is 4.79 Å². The maximum Gasteiger partial charge on any atom is 0.237 e. The number of ether oxygens (including phenoxy) is 2. The first-order valence-electron chi connectivity index (χ1n) is 6.00. The van der Waals surface area contributed by atoms with Gasteiger partial charge in [-0.15, -0.1) is 0 Å². The lowest BCUT2D eigenvalue weighted by molar-refractivity contribution is -0.125. The summed E-state index contributed by atoms with van der Waals surface area (Å²) < 4.78 is 10.4. The van der Waals surface area contributed by atoms with Crippen LogP contribution < -0.4 is 11.1 Å². The molecule has 0 saturated heterocycles. The van der Waals surface area contributed by atoms with Crippen LogP contribution in [0.25, 0.3) is 0 Å². The maximum atomic E-state index is 11.5. The van der Waals surface area contributed by atoms with E-state index in [4.69, 9.17) is 15.2 Å². The Hall–Kier alpha value is -0.650. The van der Waals surface area contributed by atoms with Gasteiger partial charge in [0.05, 0.1) is 24.9 Å². The fraction of sp³-hybridized carbons (Fsp3) is 0.917. The summed E-state index contributed by atoms with van der Waals surface area (Å²) in [6.45, 7) is 8.78. The van der Waals surface area contributed by atoms with E-state index in [1.54, 1.807) is 7.11 Å². The molecule has 102 valence electrons. The number of primary amides is 1. The Bertz CT molecular complexity index is 234. The lowest BCUT2D eigenvalue weighted by atomic mass is 9.93. The van der Waals surface area contributed by atoms with E-state index >= 15 is 0 Å². The molecule has 0 aliphatic rings. The van der Waals surface area contributed by atoms with Crippen molar-refractivity contribution in [2.75, 3.05) is 20.3 Å². The van der Waals surface area contributed by atoms with E-state index in [1.807, 2.05) is 27.7 Å². The highest BCUT2D eigenvalue weighted by Gasteiger charge is 2.33. The Kier molecular flexibility index (Phi) is 7.34. The number of nitrogens with one attached hydrogen (secondary N) is 1.